The van der Waals surface area contributed by atoms with Crippen molar-refractivity contribution < 1.29 is 32.6 Å². The van der Waals surface area contributed by atoms with E-state index in [-0.39, 0.29) is 36.8 Å². The first-order valence-corrected chi connectivity index (χ1v) is 8.75. The van der Waals surface area contributed by atoms with Gasteiger partial charge in [-0.15, -0.1) is 0 Å². The molecule has 0 saturated heterocycles. The number of rotatable bonds is 8. The minimum Gasteiger partial charge on any atom is -0.486 e. The van der Waals surface area contributed by atoms with Gasteiger partial charge in [0.2, 0.25) is 5.91 Å². The number of hydrogen-bond acceptors (Lipinski definition) is 5. The minimum absolute atomic E-state index is 0.00477. The molecule has 6 nitrogen and oxygen atoms in total. The first-order chi connectivity index (χ1) is 13.5. The molecule has 148 valence electrons. The molecule has 0 fully saturated rings. The quantitative estimate of drug-likeness (QED) is 0.699. The number of hydrogen-bond donors (Lipinski definition) is 1. The van der Waals surface area contributed by atoms with Crippen LogP contribution in [0.5, 0.6) is 17.2 Å². The van der Waals surface area contributed by atoms with Gasteiger partial charge in [-0.25, -0.2) is 0 Å². The summed E-state index contributed by atoms with van der Waals surface area (Å²) in [7, 11) is 0. The van der Waals surface area contributed by atoms with Crippen LogP contribution in [0.2, 0.25) is 0 Å². The lowest BCUT2D eigenvalue weighted by Crippen LogP contribution is -2.23. The third kappa shape index (κ3) is 5.18. The lowest BCUT2D eigenvalue weighted by atomic mass is 10.1. The van der Waals surface area contributed by atoms with Crippen LogP contribution >= 0.6 is 0 Å². The smallest absolute Gasteiger partial charge is 0.387 e. The van der Waals surface area contributed by atoms with Crippen LogP contribution in [-0.4, -0.2) is 31.5 Å². The van der Waals surface area contributed by atoms with E-state index in [0.29, 0.717) is 35.8 Å². The van der Waals surface area contributed by atoms with Gasteiger partial charge >= 0.3 is 6.61 Å². The van der Waals surface area contributed by atoms with Crippen molar-refractivity contribution in [1.82, 2.24) is 5.32 Å². The molecule has 0 radical (unpaired) electrons. The van der Waals surface area contributed by atoms with Crippen molar-refractivity contribution in [2.24, 2.45) is 0 Å². The molecule has 1 aliphatic rings. The van der Waals surface area contributed by atoms with Crippen molar-refractivity contribution in [2.45, 2.75) is 26.0 Å². The molecule has 1 aliphatic heterocycles. The van der Waals surface area contributed by atoms with E-state index >= 15 is 0 Å². The molecule has 2 aromatic carbocycles. The maximum absolute atomic E-state index is 12.4. The van der Waals surface area contributed by atoms with Gasteiger partial charge in [-0.2, -0.15) is 8.78 Å². The van der Waals surface area contributed by atoms with Crippen LogP contribution in [0.4, 0.5) is 8.78 Å². The molecule has 2 aromatic rings. The summed E-state index contributed by atoms with van der Waals surface area (Å²) >= 11 is 0. The number of ether oxygens (including phenoxy) is 3. The van der Waals surface area contributed by atoms with E-state index in [0.717, 1.165) is 0 Å². The van der Waals surface area contributed by atoms with Gasteiger partial charge in [0, 0.05) is 30.5 Å². The van der Waals surface area contributed by atoms with Gasteiger partial charge in [-0.3, -0.25) is 9.59 Å². The molecular formula is C20H19F2NO5. The summed E-state index contributed by atoms with van der Waals surface area (Å²) in [5.41, 5.74) is 0.863. The van der Waals surface area contributed by atoms with Gasteiger partial charge in [0.1, 0.15) is 19.0 Å². The topological polar surface area (TPSA) is 73.9 Å². The number of ketones is 1. The summed E-state index contributed by atoms with van der Waals surface area (Å²) in [6, 6.07) is 11.1. The molecule has 0 spiro atoms. The molecular weight excluding hydrogens is 372 g/mol. The molecule has 0 unspecified atom stereocenters. The largest absolute Gasteiger partial charge is 0.486 e. The fourth-order valence-corrected chi connectivity index (χ4v) is 2.73. The Morgan fingerprint density at radius 3 is 2.57 bits per heavy atom. The Kier molecular flexibility index (Phi) is 6.41. The lowest BCUT2D eigenvalue weighted by molar-refractivity contribution is -0.121. The van der Waals surface area contributed by atoms with Crippen LogP contribution in [0, 0.1) is 0 Å². The summed E-state index contributed by atoms with van der Waals surface area (Å²) in [6.07, 6.45) is -0.00813. The van der Waals surface area contributed by atoms with Crippen LogP contribution in [-0.2, 0) is 11.3 Å². The van der Waals surface area contributed by atoms with Gasteiger partial charge in [-0.1, -0.05) is 18.2 Å². The number of benzene rings is 2. The zero-order valence-corrected chi connectivity index (χ0v) is 15.0. The number of halogens is 2. The van der Waals surface area contributed by atoms with Crippen LogP contribution in [0.3, 0.4) is 0 Å². The summed E-state index contributed by atoms with van der Waals surface area (Å²) in [5.74, 6) is 0.541. The molecule has 28 heavy (non-hydrogen) atoms. The zero-order chi connectivity index (χ0) is 19.9. The molecule has 0 saturated carbocycles. The highest BCUT2D eigenvalue weighted by Gasteiger charge is 2.16. The van der Waals surface area contributed by atoms with Crippen molar-refractivity contribution in [3.63, 3.8) is 0 Å². The molecule has 0 aromatic heterocycles. The highest BCUT2D eigenvalue weighted by Crippen LogP contribution is 2.31. The summed E-state index contributed by atoms with van der Waals surface area (Å²) in [4.78, 5) is 24.3. The SMILES string of the molecule is O=C(CCC(=O)c1ccc2c(c1)OCCO2)NCc1ccccc1OC(F)F. The van der Waals surface area contributed by atoms with Crippen LogP contribution in [0.15, 0.2) is 42.5 Å². The van der Waals surface area contributed by atoms with E-state index in [9.17, 15) is 18.4 Å². The standard InChI is InChI=1S/C20H19F2NO5/c21-20(22)28-16-4-2-1-3-14(16)12-23-19(25)8-6-15(24)13-5-7-17-18(11-13)27-10-9-26-17/h1-5,7,11,20H,6,8-10,12H2,(H,23,25). The first kappa shape index (κ1) is 19.6. The monoisotopic (exact) mass is 391 g/mol. The fraction of sp³-hybridized carbons (Fsp3) is 0.300. The summed E-state index contributed by atoms with van der Waals surface area (Å²) in [5, 5.41) is 2.61. The highest BCUT2D eigenvalue weighted by atomic mass is 19.3. The Balaban J connectivity index is 1.50. The number of amides is 1. The van der Waals surface area contributed by atoms with E-state index < -0.39 is 6.61 Å². The molecule has 1 heterocycles. The van der Waals surface area contributed by atoms with Crippen molar-refractivity contribution in [3.05, 3.63) is 53.6 Å². The van der Waals surface area contributed by atoms with Gasteiger partial charge in [0.15, 0.2) is 17.3 Å². The Morgan fingerprint density at radius 2 is 1.79 bits per heavy atom. The number of carbonyl (C=O) groups excluding carboxylic acids is 2. The predicted octanol–water partition coefficient (Wildman–Crippen LogP) is 3.34. The zero-order valence-electron chi connectivity index (χ0n) is 15.0. The van der Waals surface area contributed by atoms with Crippen molar-refractivity contribution in [1.29, 1.82) is 0 Å². The van der Waals surface area contributed by atoms with Crippen LogP contribution in [0.1, 0.15) is 28.8 Å². The van der Waals surface area contributed by atoms with E-state index in [2.05, 4.69) is 10.1 Å². The minimum atomic E-state index is -2.94. The Labute approximate surface area is 160 Å². The number of alkyl halides is 2. The van der Waals surface area contributed by atoms with E-state index in [1.807, 2.05) is 0 Å². The van der Waals surface area contributed by atoms with E-state index in [4.69, 9.17) is 9.47 Å². The normalized spacial score (nSPS) is 12.5. The number of carbonyl (C=O) groups is 2. The second-order valence-corrected chi connectivity index (χ2v) is 6.04. The Hall–Kier alpha value is -3.16. The van der Waals surface area contributed by atoms with Gasteiger partial charge < -0.3 is 19.5 Å². The molecule has 0 aliphatic carbocycles. The Bertz CT molecular complexity index is 856. The molecule has 8 heteroatoms. The molecule has 0 atom stereocenters. The molecule has 1 N–H and O–H groups in total. The lowest BCUT2D eigenvalue weighted by Gasteiger charge is -2.18. The maximum Gasteiger partial charge on any atom is 0.387 e. The van der Waals surface area contributed by atoms with Gasteiger partial charge in [-0.05, 0) is 24.3 Å². The summed E-state index contributed by atoms with van der Waals surface area (Å²) < 4.78 is 40.1. The number of fused-ring (bicyclic) bond motifs is 1. The van der Waals surface area contributed by atoms with Gasteiger partial charge in [0.05, 0.1) is 0 Å². The summed E-state index contributed by atoms with van der Waals surface area (Å²) in [6.45, 7) is -2.03. The first-order valence-electron chi connectivity index (χ1n) is 8.75. The third-order valence-electron chi connectivity index (χ3n) is 4.11. The van der Waals surface area contributed by atoms with Gasteiger partial charge in [0.25, 0.3) is 0 Å². The van der Waals surface area contributed by atoms with E-state index in [1.165, 1.54) is 6.07 Å². The predicted molar refractivity (Wildman–Crippen MR) is 95.9 cm³/mol. The highest BCUT2D eigenvalue weighted by molar-refractivity contribution is 5.98. The maximum atomic E-state index is 12.4. The van der Waals surface area contributed by atoms with Crippen LogP contribution in [0.25, 0.3) is 0 Å². The second kappa shape index (κ2) is 9.16. The molecule has 1 amide bonds. The molecule has 3 rings (SSSR count). The van der Waals surface area contributed by atoms with Crippen molar-refractivity contribution >= 4 is 11.7 Å². The number of para-hydroxylation sites is 1. The number of nitrogens with one attached hydrogen (secondary N) is 1. The average Bonchev–Trinajstić information content (AvgIpc) is 2.70. The number of Topliss-reactive ketones (excluding diaryl/α,β-unsaturated/α-hetero) is 1. The van der Waals surface area contributed by atoms with Crippen molar-refractivity contribution in [3.8, 4) is 17.2 Å². The molecule has 0 bridgehead atoms. The average molecular weight is 391 g/mol. The fourth-order valence-electron chi connectivity index (χ4n) is 2.73. The van der Waals surface area contributed by atoms with Crippen molar-refractivity contribution in [2.75, 3.05) is 13.2 Å². The van der Waals surface area contributed by atoms with Crippen LogP contribution < -0.4 is 19.5 Å². The van der Waals surface area contributed by atoms with E-state index in [1.54, 1.807) is 36.4 Å². The Morgan fingerprint density at radius 1 is 1.04 bits per heavy atom. The second-order valence-electron chi connectivity index (χ2n) is 6.04. The third-order valence-corrected chi connectivity index (χ3v) is 4.11.